The predicted octanol–water partition coefficient (Wildman–Crippen LogP) is 10.6. The zero-order chi connectivity index (χ0) is 26.9. The van der Waals surface area contributed by atoms with Crippen molar-refractivity contribution < 1.29 is 4.42 Å². The molecule has 4 heteroatoms. The van der Waals surface area contributed by atoms with Gasteiger partial charge in [0.15, 0.2) is 5.58 Å². The van der Waals surface area contributed by atoms with Gasteiger partial charge in [-0.2, -0.15) is 4.98 Å². The van der Waals surface area contributed by atoms with Gasteiger partial charge in [-0.05, 0) is 41.0 Å². The highest BCUT2D eigenvalue weighted by molar-refractivity contribution is 7.26. The van der Waals surface area contributed by atoms with Crippen molar-refractivity contribution in [2.24, 2.45) is 0 Å². The average molecular weight is 543 g/mol. The van der Waals surface area contributed by atoms with Crippen molar-refractivity contribution in [2.45, 2.75) is 0 Å². The molecule has 0 unspecified atom stereocenters. The van der Waals surface area contributed by atoms with Crippen molar-refractivity contribution in [2.75, 3.05) is 0 Å². The number of fused-ring (bicyclic) bond motifs is 8. The summed E-state index contributed by atoms with van der Waals surface area (Å²) in [5.41, 5.74) is 8.64. The second kappa shape index (κ2) is 8.65. The van der Waals surface area contributed by atoms with Gasteiger partial charge in [0.05, 0.1) is 11.0 Å². The molecule has 3 nitrogen and oxygen atoms in total. The van der Waals surface area contributed by atoms with Crippen LogP contribution < -0.4 is 0 Å². The van der Waals surface area contributed by atoms with Crippen LogP contribution in [-0.4, -0.2) is 9.55 Å². The second-order valence-corrected chi connectivity index (χ2v) is 11.4. The molecule has 0 saturated carbocycles. The van der Waals surface area contributed by atoms with Gasteiger partial charge in [-0.15, -0.1) is 11.3 Å². The van der Waals surface area contributed by atoms with Crippen LogP contribution in [0, 0.1) is 0 Å². The molecule has 3 aromatic heterocycles. The van der Waals surface area contributed by atoms with E-state index in [1.807, 2.05) is 11.3 Å². The van der Waals surface area contributed by atoms with E-state index in [0.29, 0.717) is 6.01 Å². The third kappa shape index (κ3) is 3.35. The standard InChI is InChI=1S/C37H22N2OS/c1-2-10-23(11-3-1)24-18-20-25(21-19-24)29-22-30-35(34-28-14-6-9-17-33(28)41-36(29)34)40-37(38-30)39-31-15-7-4-12-26(31)27-13-5-8-16-32(27)39/h1-22H. The molecule has 0 spiro atoms. The van der Waals surface area contributed by atoms with Gasteiger partial charge in [-0.25, -0.2) is 0 Å². The molecule has 0 aliphatic carbocycles. The summed E-state index contributed by atoms with van der Waals surface area (Å²) in [5.74, 6) is 0. The maximum atomic E-state index is 6.73. The van der Waals surface area contributed by atoms with Gasteiger partial charge in [0.2, 0.25) is 0 Å². The Balaban J connectivity index is 1.32. The van der Waals surface area contributed by atoms with Crippen molar-refractivity contribution >= 4 is 64.4 Å². The molecule has 0 saturated heterocycles. The van der Waals surface area contributed by atoms with E-state index in [9.17, 15) is 0 Å². The van der Waals surface area contributed by atoms with E-state index >= 15 is 0 Å². The van der Waals surface area contributed by atoms with E-state index < -0.39 is 0 Å². The molecule has 192 valence electrons. The summed E-state index contributed by atoms with van der Waals surface area (Å²) < 4.78 is 11.3. The van der Waals surface area contributed by atoms with Crippen LogP contribution in [0.15, 0.2) is 138 Å². The Morgan fingerprint density at radius 3 is 1.88 bits per heavy atom. The van der Waals surface area contributed by atoms with Gasteiger partial charge in [-0.1, -0.05) is 109 Å². The van der Waals surface area contributed by atoms with Gasteiger partial charge >= 0.3 is 6.01 Å². The maximum absolute atomic E-state index is 6.73. The summed E-state index contributed by atoms with van der Waals surface area (Å²) in [6, 6.07) is 47.7. The first-order valence-corrected chi connectivity index (χ1v) is 14.5. The molecule has 0 atom stereocenters. The second-order valence-electron chi connectivity index (χ2n) is 10.4. The van der Waals surface area contributed by atoms with E-state index in [2.05, 4.69) is 138 Å². The van der Waals surface area contributed by atoms with Crippen molar-refractivity contribution in [3.8, 4) is 28.3 Å². The Bertz CT molecular complexity index is 2360. The molecular weight excluding hydrogens is 520 g/mol. The molecule has 9 rings (SSSR count). The Labute approximate surface area is 239 Å². The fourth-order valence-corrected chi connectivity index (χ4v) is 7.41. The van der Waals surface area contributed by atoms with E-state index in [1.165, 1.54) is 47.8 Å². The number of hydrogen-bond donors (Lipinski definition) is 0. The summed E-state index contributed by atoms with van der Waals surface area (Å²) in [6.07, 6.45) is 0. The topological polar surface area (TPSA) is 31.0 Å². The molecule has 0 radical (unpaired) electrons. The first-order chi connectivity index (χ1) is 20.3. The highest BCUT2D eigenvalue weighted by atomic mass is 32.1. The van der Waals surface area contributed by atoms with Crippen LogP contribution in [-0.2, 0) is 0 Å². The largest absolute Gasteiger partial charge is 0.422 e. The Morgan fingerprint density at radius 2 is 1.15 bits per heavy atom. The van der Waals surface area contributed by atoms with Gasteiger partial charge in [0, 0.05) is 36.5 Å². The zero-order valence-electron chi connectivity index (χ0n) is 21.9. The normalized spacial score (nSPS) is 11.9. The number of nitrogens with zero attached hydrogens (tertiary/aromatic N) is 2. The molecule has 0 N–H and O–H groups in total. The summed E-state index contributed by atoms with van der Waals surface area (Å²) in [5, 5.41) is 4.71. The fourth-order valence-electron chi connectivity index (χ4n) is 6.17. The Hall–Kier alpha value is -5.19. The van der Waals surface area contributed by atoms with E-state index in [1.54, 1.807) is 0 Å². The van der Waals surface area contributed by atoms with Crippen molar-refractivity contribution in [3.05, 3.63) is 133 Å². The van der Waals surface area contributed by atoms with Crippen LogP contribution in [0.1, 0.15) is 0 Å². The lowest BCUT2D eigenvalue weighted by Gasteiger charge is -2.07. The van der Waals surface area contributed by atoms with Crippen LogP contribution in [0.3, 0.4) is 0 Å². The molecule has 9 aromatic rings. The van der Waals surface area contributed by atoms with Gasteiger partial charge in [0.1, 0.15) is 5.52 Å². The van der Waals surface area contributed by atoms with E-state index in [4.69, 9.17) is 9.40 Å². The molecule has 0 bridgehead atoms. The number of hydrogen-bond acceptors (Lipinski definition) is 3. The maximum Gasteiger partial charge on any atom is 0.307 e. The molecule has 6 aromatic carbocycles. The number of oxazole rings is 1. The first kappa shape index (κ1) is 22.6. The SMILES string of the molecule is c1ccc(-c2ccc(-c3cc4nc(-n5c6ccccc6c6ccccc65)oc4c4c3sc3ccccc34)cc2)cc1. The summed E-state index contributed by atoms with van der Waals surface area (Å²) in [4.78, 5) is 5.14. The number of benzene rings is 6. The molecular formula is C37H22N2OS. The van der Waals surface area contributed by atoms with Crippen molar-refractivity contribution in [3.63, 3.8) is 0 Å². The van der Waals surface area contributed by atoms with Crippen LogP contribution >= 0.6 is 11.3 Å². The number of thiophene rings is 1. The predicted molar refractivity (Wildman–Crippen MR) is 172 cm³/mol. The zero-order valence-corrected chi connectivity index (χ0v) is 22.7. The van der Waals surface area contributed by atoms with Gasteiger partial charge in [-0.3, -0.25) is 4.57 Å². The molecule has 41 heavy (non-hydrogen) atoms. The molecule has 3 heterocycles. The molecule has 0 aliphatic heterocycles. The third-order valence-electron chi connectivity index (χ3n) is 8.06. The van der Waals surface area contributed by atoms with E-state index in [-0.39, 0.29) is 0 Å². The lowest BCUT2D eigenvalue weighted by atomic mass is 9.98. The van der Waals surface area contributed by atoms with Crippen molar-refractivity contribution in [1.29, 1.82) is 0 Å². The minimum Gasteiger partial charge on any atom is -0.422 e. The quantitative estimate of drug-likeness (QED) is 0.222. The lowest BCUT2D eigenvalue weighted by Crippen LogP contribution is -1.93. The highest BCUT2D eigenvalue weighted by Crippen LogP contribution is 2.45. The Morgan fingerprint density at radius 1 is 0.561 bits per heavy atom. The number of rotatable bonds is 3. The van der Waals surface area contributed by atoms with Gasteiger partial charge in [0.25, 0.3) is 0 Å². The fraction of sp³-hybridized carbons (Fsp3) is 0. The molecule has 0 aliphatic rings. The van der Waals surface area contributed by atoms with Crippen LogP contribution in [0.25, 0.3) is 81.3 Å². The minimum atomic E-state index is 0.588. The van der Waals surface area contributed by atoms with Crippen LogP contribution in [0.5, 0.6) is 0 Å². The first-order valence-electron chi connectivity index (χ1n) is 13.7. The summed E-state index contributed by atoms with van der Waals surface area (Å²) in [7, 11) is 0. The molecule has 0 fully saturated rings. The monoisotopic (exact) mass is 542 g/mol. The third-order valence-corrected chi connectivity index (χ3v) is 9.27. The van der Waals surface area contributed by atoms with Crippen LogP contribution in [0.4, 0.5) is 0 Å². The summed E-state index contributed by atoms with van der Waals surface area (Å²) in [6.45, 7) is 0. The smallest absolute Gasteiger partial charge is 0.307 e. The average Bonchev–Trinajstić information content (AvgIpc) is 3.72. The van der Waals surface area contributed by atoms with Crippen LogP contribution in [0.2, 0.25) is 0 Å². The lowest BCUT2D eigenvalue weighted by molar-refractivity contribution is 0.577. The number of para-hydroxylation sites is 2. The molecule has 0 amide bonds. The van der Waals surface area contributed by atoms with E-state index in [0.717, 1.165) is 27.5 Å². The Kier molecular flexibility index (Phi) is 4.77. The minimum absolute atomic E-state index is 0.588. The van der Waals surface area contributed by atoms with Gasteiger partial charge < -0.3 is 4.42 Å². The summed E-state index contributed by atoms with van der Waals surface area (Å²) >= 11 is 1.82. The number of aromatic nitrogens is 2. The highest BCUT2D eigenvalue weighted by Gasteiger charge is 2.21. The van der Waals surface area contributed by atoms with Crippen molar-refractivity contribution in [1.82, 2.24) is 9.55 Å².